The highest BCUT2D eigenvalue weighted by atomic mass is 19.4. The lowest BCUT2D eigenvalue weighted by atomic mass is 9.95. The molecule has 0 aliphatic carbocycles. The predicted octanol–water partition coefficient (Wildman–Crippen LogP) is 2.82. The molecule has 0 bridgehead atoms. The zero-order valence-corrected chi connectivity index (χ0v) is 19.0. The third-order valence-corrected chi connectivity index (χ3v) is 5.10. The third kappa shape index (κ3) is 6.44. The van der Waals surface area contributed by atoms with Crippen molar-refractivity contribution < 1.29 is 27.5 Å². The largest absolute Gasteiger partial charge is 0.468 e. The molecule has 2 aromatic carbocycles. The molecule has 3 aromatic rings. The number of amides is 1. The fourth-order valence-corrected chi connectivity index (χ4v) is 3.50. The summed E-state index contributed by atoms with van der Waals surface area (Å²) in [4.78, 5) is 32.4. The van der Waals surface area contributed by atoms with Crippen LogP contribution in [0.2, 0.25) is 0 Å². The van der Waals surface area contributed by atoms with Crippen molar-refractivity contribution in [2.75, 3.05) is 13.7 Å². The van der Waals surface area contributed by atoms with E-state index in [4.69, 9.17) is 5.73 Å². The molecule has 0 saturated heterocycles. The minimum Gasteiger partial charge on any atom is -0.468 e. The molecule has 0 radical (unpaired) electrons. The van der Waals surface area contributed by atoms with E-state index in [2.05, 4.69) is 10.1 Å². The van der Waals surface area contributed by atoms with E-state index in [1.165, 1.54) is 30.9 Å². The summed E-state index contributed by atoms with van der Waals surface area (Å²) in [5.74, 6) is -0.447. The lowest BCUT2D eigenvalue weighted by molar-refractivity contribution is -0.140. The Balaban J connectivity index is 0.000000440. The number of nitrogens with zero attached hydrogens (tertiary/aromatic N) is 1. The number of benzene rings is 2. The second kappa shape index (κ2) is 11.5. The molecule has 1 aromatic heterocycles. The Morgan fingerprint density at radius 2 is 1.88 bits per heavy atom. The number of fused-ring (bicyclic) bond motifs is 1. The number of pyridine rings is 1. The normalized spacial score (nSPS) is 10.9. The van der Waals surface area contributed by atoms with Crippen LogP contribution in [0.15, 0.2) is 47.3 Å². The molecule has 34 heavy (non-hydrogen) atoms. The summed E-state index contributed by atoms with van der Waals surface area (Å²) in [5.41, 5.74) is 6.28. The van der Waals surface area contributed by atoms with Crippen molar-refractivity contribution in [2.24, 2.45) is 12.8 Å². The number of hydrogen-bond acceptors (Lipinski definition) is 5. The van der Waals surface area contributed by atoms with Crippen LogP contribution in [-0.4, -0.2) is 30.6 Å². The average molecular weight is 477 g/mol. The van der Waals surface area contributed by atoms with E-state index in [1.54, 1.807) is 24.3 Å². The molecule has 0 saturated carbocycles. The fourth-order valence-electron chi connectivity index (χ4n) is 3.50. The van der Waals surface area contributed by atoms with Crippen LogP contribution in [0.4, 0.5) is 13.2 Å². The predicted molar refractivity (Wildman–Crippen MR) is 122 cm³/mol. The zero-order valence-electron chi connectivity index (χ0n) is 19.0. The molecule has 10 heteroatoms. The number of rotatable bonds is 6. The van der Waals surface area contributed by atoms with E-state index in [1.807, 2.05) is 13.0 Å². The van der Waals surface area contributed by atoms with Gasteiger partial charge in [-0.25, -0.2) is 0 Å². The lowest BCUT2D eigenvalue weighted by Gasteiger charge is -2.18. The summed E-state index contributed by atoms with van der Waals surface area (Å²) in [5, 5.41) is 2.15. The number of aryl methyl sites for hydroxylation is 2. The van der Waals surface area contributed by atoms with Crippen LogP contribution < -0.4 is 16.6 Å². The first-order valence-electron chi connectivity index (χ1n) is 10.2. The van der Waals surface area contributed by atoms with Crippen molar-refractivity contribution >= 4 is 23.3 Å². The number of aromatic nitrogens is 1. The van der Waals surface area contributed by atoms with E-state index in [9.17, 15) is 27.6 Å². The van der Waals surface area contributed by atoms with E-state index in [0.717, 1.165) is 5.56 Å². The highest BCUT2D eigenvalue weighted by Crippen LogP contribution is 2.37. The lowest BCUT2D eigenvalue weighted by Crippen LogP contribution is -2.27. The molecule has 0 aliphatic heterocycles. The number of nitrogens with two attached hydrogens (primary N) is 1. The van der Waals surface area contributed by atoms with Crippen LogP contribution >= 0.6 is 0 Å². The van der Waals surface area contributed by atoms with Gasteiger partial charge in [0.15, 0.2) is 0 Å². The number of hydrogen-bond donors (Lipinski definition) is 2. The van der Waals surface area contributed by atoms with Gasteiger partial charge in [-0.15, -0.1) is 0 Å². The number of alkyl halides is 3. The van der Waals surface area contributed by atoms with Gasteiger partial charge in [-0.2, -0.15) is 13.2 Å². The fraction of sp³-hybridized carbons (Fsp3) is 0.292. The summed E-state index contributed by atoms with van der Waals surface area (Å²) in [6.45, 7) is 1.93. The molecule has 0 fully saturated rings. The maximum Gasteiger partial charge on any atom is 0.417 e. The van der Waals surface area contributed by atoms with Gasteiger partial charge in [-0.1, -0.05) is 35.9 Å². The van der Waals surface area contributed by atoms with Crippen LogP contribution in [0.25, 0.3) is 10.9 Å². The number of ether oxygens (including phenoxy) is 1. The molecule has 1 amide bonds. The number of esters is 1. The van der Waals surface area contributed by atoms with E-state index in [-0.39, 0.29) is 36.0 Å². The SMILES string of the molecule is COC(=O)CNC=O.Cc1cccc(Cc2c(C(F)(F)F)c3cc(CN)ccc3n(C)c2=O)c1. The molecule has 0 aliphatic rings. The zero-order chi connectivity index (χ0) is 25.5. The number of halogens is 3. The second-order valence-corrected chi connectivity index (χ2v) is 7.51. The van der Waals surface area contributed by atoms with Crippen LogP contribution in [-0.2, 0) is 40.5 Å². The van der Waals surface area contributed by atoms with Gasteiger partial charge in [0.2, 0.25) is 6.41 Å². The third-order valence-electron chi connectivity index (χ3n) is 5.10. The molecule has 0 atom stereocenters. The van der Waals surface area contributed by atoms with Crippen LogP contribution in [0.5, 0.6) is 0 Å². The van der Waals surface area contributed by atoms with Gasteiger partial charge in [0.1, 0.15) is 6.54 Å². The Kier molecular flexibility index (Phi) is 8.97. The number of methoxy groups -OCH3 is 1. The molecule has 7 nitrogen and oxygen atoms in total. The second-order valence-electron chi connectivity index (χ2n) is 7.51. The van der Waals surface area contributed by atoms with Gasteiger partial charge in [-0.3, -0.25) is 14.4 Å². The Morgan fingerprint density at radius 1 is 1.18 bits per heavy atom. The summed E-state index contributed by atoms with van der Waals surface area (Å²) in [6.07, 6.45) is -4.28. The summed E-state index contributed by atoms with van der Waals surface area (Å²) < 4.78 is 47.3. The summed E-state index contributed by atoms with van der Waals surface area (Å²) >= 11 is 0. The van der Waals surface area contributed by atoms with Crippen LogP contribution in [0, 0.1) is 6.92 Å². The number of nitrogens with one attached hydrogen (secondary N) is 1. The van der Waals surface area contributed by atoms with Crippen molar-refractivity contribution in [3.05, 3.63) is 80.6 Å². The molecular weight excluding hydrogens is 451 g/mol. The summed E-state index contributed by atoms with van der Waals surface area (Å²) in [7, 11) is 2.75. The van der Waals surface area contributed by atoms with Crippen LogP contribution in [0.3, 0.4) is 0 Å². The highest BCUT2D eigenvalue weighted by Gasteiger charge is 2.37. The molecule has 1 heterocycles. The smallest absolute Gasteiger partial charge is 0.417 e. The van der Waals surface area contributed by atoms with Gasteiger partial charge in [-0.05, 0) is 30.2 Å². The topological polar surface area (TPSA) is 103 Å². The minimum absolute atomic E-state index is 0.00482. The van der Waals surface area contributed by atoms with E-state index in [0.29, 0.717) is 17.5 Å². The summed E-state index contributed by atoms with van der Waals surface area (Å²) in [6, 6.07) is 11.7. The van der Waals surface area contributed by atoms with Crippen molar-refractivity contribution in [3.63, 3.8) is 0 Å². The van der Waals surface area contributed by atoms with Crippen LogP contribution in [0.1, 0.15) is 27.8 Å². The van der Waals surface area contributed by atoms with Crippen molar-refractivity contribution in [3.8, 4) is 0 Å². The first-order chi connectivity index (χ1) is 16.0. The van der Waals surface area contributed by atoms with Gasteiger partial charge < -0.3 is 20.4 Å². The highest BCUT2D eigenvalue weighted by molar-refractivity contribution is 5.85. The minimum atomic E-state index is -4.64. The average Bonchev–Trinajstić information content (AvgIpc) is 2.80. The number of carbonyl (C=O) groups excluding carboxylic acids is 2. The van der Waals surface area contributed by atoms with Crippen molar-refractivity contribution in [1.82, 2.24) is 9.88 Å². The van der Waals surface area contributed by atoms with Gasteiger partial charge in [0.05, 0.1) is 18.2 Å². The molecular formula is C24H26F3N3O4. The maximum atomic E-state index is 13.9. The first-order valence-corrected chi connectivity index (χ1v) is 10.2. The Bertz CT molecular complexity index is 1240. The maximum absolute atomic E-state index is 13.9. The van der Waals surface area contributed by atoms with E-state index >= 15 is 0 Å². The van der Waals surface area contributed by atoms with Gasteiger partial charge in [0, 0.05) is 31.0 Å². The quantitative estimate of drug-likeness (QED) is 0.420. The Hall–Kier alpha value is -3.66. The molecule has 0 spiro atoms. The standard InChI is InChI=1S/C20H19F3N2O.C4H7NO3/c1-12-4-3-5-13(8-12)9-16-18(20(21,22)23)15-10-14(11-24)6-7-17(15)25(2)19(16)26;1-8-4(7)2-5-3-6/h3-8,10H,9,11,24H2,1-2H3;3H,2H2,1H3,(H,5,6). The molecule has 0 unspecified atom stereocenters. The first kappa shape index (κ1) is 26.6. The molecule has 3 N–H and O–H groups in total. The molecule has 182 valence electrons. The Morgan fingerprint density at radius 3 is 2.44 bits per heavy atom. The monoisotopic (exact) mass is 477 g/mol. The van der Waals surface area contributed by atoms with Crippen molar-refractivity contribution in [2.45, 2.75) is 26.1 Å². The van der Waals surface area contributed by atoms with Gasteiger partial charge in [0.25, 0.3) is 5.56 Å². The number of carbonyl (C=O) groups is 2. The van der Waals surface area contributed by atoms with Crippen molar-refractivity contribution in [1.29, 1.82) is 0 Å². The van der Waals surface area contributed by atoms with Gasteiger partial charge >= 0.3 is 12.1 Å². The molecule has 3 rings (SSSR count). The van der Waals surface area contributed by atoms with E-state index < -0.39 is 23.3 Å². The Labute approximate surface area is 194 Å².